The minimum absolute atomic E-state index is 0.154. The molecule has 2 aromatic rings. The molecule has 0 aliphatic carbocycles. The molecule has 1 fully saturated rings. The van der Waals surface area contributed by atoms with E-state index >= 15 is 0 Å². The Morgan fingerprint density at radius 3 is 3.15 bits per heavy atom. The Hall–Kier alpha value is -1.36. The normalized spacial score (nSPS) is 18.9. The summed E-state index contributed by atoms with van der Waals surface area (Å²) in [5.74, 6) is 0.786. The first-order valence-electron chi connectivity index (χ1n) is 6.95. The van der Waals surface area contributed by atoms with Gasteiger partial charge in [-0.1, -0.05) is 33.2 Å². The lowest BCUT2D eigenvalue weighted by molar-refractivity contribution is -0.129. The summed E-state index contributed by atoms with van der Waals surface area (Å²) in [5, 5.41) is 5.98. The molecule has 0 saturated carbocycles. The first-order valence-corrected chi connectivity index (χ1v) is 8.07. The second-order valence-corrected chi connectivity index (χ2v) is 6.07. The molecule has 0 spiro atoms. The number of aromatic nitrogens is 1. The molecule has 1 aliphatic heterocycles. The van der Waals surface area contributed by atoms with Crippen LogP contribution < -0.4 is 0 Å². The molecule has 0 N–H and O–H groups in total. The summed E-state index contributed by atoms with van der Waals surface area (Å²) in [7, 11) is 0. The number of alkyl halides is 1. The molecule has 3 rings (SSSR count). The van der Waals surface area contributed by atoms with Crippen molar-refractivity contribution in [3.8, 4) is 0 Å². The Morgan fingerprint density at radius 2 is 2.30 bits per heavy atom. The lowest BCUT2D eigenvalue weighted by Crippen LogP contribution is -2.30. The molecule has 106 valence electrons. The number of carbonyl (C=O) groups excluding carboxylic acids is 1. The van der Waals surface area contributed by atoms with Gasteiger partial charge in [-0.05, 0) is 30.9 Å². The lowest BCUT2D eigenvalue weighted by Gasteiger charge is -2.15. The number of hydrogen-bond acceptors (Lipinski definition) is 3. The second kappa shape index (κ2) is 5.95. The molecule has 0 radical (unpaired) electrons. The number of carbonyl (C=O) groups is 1. The average molecular weight is 337 g/mol. The monoisotopic (exact) mass is 336 g/mol. The van der Waals surface area contributed by atoms with Gasteiger partial charge in [0.2, 0.25) is 5.91 Å². The average Bonchev–Trinajstić information content (AvgIpc) is 3.07. The van der Waals surface area contributed by atoms with E-state index in [1.54, 1.807) is 0 Å². The largest absolute Gasteiger partial charge is 0.356 e. The van der Waals surface area contributed by atoms with Crippen molar-refractivity contribution < 1.29 is 9.32 Å². The minimum atomic E-state index is 0.154. The number of nitrogens with zero attached hydrogens (tertiary/aromatic N) is 2. The van der Waals surface area contributed by atoms with Gasteiger partial charge in [-0.3, -0.25) is 4.79 Å². The maximum Gasteiger partial charge on any atom is 0.228 e. The molecule has 20 heavy (non-hydrogen) atoms. The minimum Gasteiger partial charge on any atom is -0.356 e. The van der Waals surface area contributed by atoms with Crippen molar-refractivity contribution in [3.63, 3.8) is 0 Å². The van der Waals surface area contributed by atoms with E-state index in [4.69, 9.17) is 4.52 Å². The quantitative estimate of drug-likeness (QED) is 0.806. The molecule has 1 amide bonds. The second-order valence-electron chi connectivity index (χ2n) is 5.27. The van der Waals surface area contributed by atoms with Crippen LogP contribution in [0.1, 0.15) is 18.5 Å². The van der Waals surface area contributed by atoms with E-state index in [0.29, 0.717) is 12.3 Å². The van der Waals surface area contributed by atoms with Crippen LogP contribution >= 0.6 is 15.9 Å². The molecule has 1 aromatic carbocycles. The lowest BCUT2D eigenvalue weighted by atomic mass is 10.1. The number of hydrogen-bond donors (Lipinski definition) is 0. The van der Waals surface area contributed by atoms with E-state index in [1.807, 2.05) is 29.2 Å². The van der Waals surface area contributed by atoms with Crippen LogP contribution in [0.5, 0.6) is 0 Å². The first kappa shape index (κ1) is 13.6. The summed E-state index contributed by atoms with van der Waals surface area (Å²) in [6, 6.07) is 7.67. The molecule has 2 heterocycles. The summed E-state index contributed by atoms with van der Waals surface area (Å²) < 4.78 is 5.25. The van der Waals surface area contributed by atoms with Gasteiger partial charge in [0.05, 0.1) is 6.42 Å². The van der Waals surface area contributed by atoms with Crippen molar-refractivity contribution in [1.29, 1.82) is 0 Å². The highest BCUT2D eigenvalue weighted by atomic mass is 79.9. The van der Waals surface area contributed by atoms with Gasteiger partial charge < -0.3 is 9.42 Å². The van der Waals surface area contributed by atoms with Crippen LogP contribution in [0.3, 0.4) is 0 Å². The fourth-order valence-electron chi connectivity index (χ4n) is 2.77. The van der Waals surface area contributed by atoms with Gasteiger partial charge in [-0.25, -0.2) is 0 Å². The van der Waals surface area contributed by atoms with Crippen LogP contribution in [0.15, 0.2) is 28.8 Å². The van der Waals surface area contributed by atoms with E-state index < -0.39 is 0 Å². The fraction of sp³-hybridized carbons (Fsp3) is 0.467. The highest BCUT2D eigenvalue weighted by molar-refractivity contribution is 9.09. The number of halogens is 1. The molecule has 1 atom stereocenters. The molecule has 1 saturated heterocycles. The van der Waals surface area contributed by atoms with Crippen molar-refractivity contribution >= 4 is 32.8 Å². The number of fused-ring (bicyclic) bond motifs is 1. The van der Waals surface area contributed by atoms with E-state index in [2.05, 4.69) is 21.1 Å². The zero-order chi connectivity index (χ0) is 13.9. The van der Waals surface area contributed by atoms with Crippen LogP contribution in [0, 0.1) is 5.92 Å². The molecular weight excluding hydrogens is 320 g/mol. The van der Waals surface area contributed by atoms with E-state index in [1.165, 1.54) is 0 Å². The van der Waals surface area contributed by atoms with Gasteiger partial charge in [-0.15, -0.1) is 0 Å². The van der Waals surface area contributed by atoms with Crippen molar-refractivity contribution in [1.82, 2.24) is 10.1 Å². The molecule has 1 unspecified atom stereocenters. The van der Waals surface area contributed by atoms with Gasteiger partial charge in [0.25, 0.3) is 0 Å². The Balaban J connectivity index is 1.67. The third-order valence-corrected chi connectivity index (χ3v) is 4.38. The SMILES string of the molecule is O=C(Cc1noc2ccccc12)N1CCC(CCBr)C1. The van der Waals surface area contributed by atoms with Crippen molar-refractivity contribution in [3.05, 3.63) is 30.0 Å². The van der Waals surface area contributed by atoms with E-state index in [9.17, 15) is 4.79 Å². The maximum atomic E-state index is 12.3. The van der Waals surface area contributed by atoms with Gasteiger partial charge in [0, 0.05) is 23.8 Å². The van der Waals surface area contributed by atoms with Crippen LogP contribution in [0.25, 0.3) is 11.0 Å². The molecule has 5 heteroatoms. The smallest absolute Gasteiger partial charge is 0.228 e. The Bertz CT molecular complexity index is 611. The van der Waals surface area contributed by atoms with E-state index in [0.717, 1.165) is 47.9 Å². The fourth-order valence-corrected chi connectivity index (χ4v) is 3.42. The third-order valence-electron chi connectivity index (χ3n) is 3.93. The van der Waals surface area contributed by atoms with Crippen LogP contribution in [0.4, 0.5) is 0 Å². The van der Waals surface area contributed by atoms with Gasteiger partial charge in [0.1, 0.15) is 5.69 Å². The Morgan fingerprint density at radius 1 is 1.45 bits per heavy atom. The number of rotatable bonds is 4. The molecule has 0 bridgehead atoms. The number of amides is 1. The molecule has 1 aliphatic rings. The zero-order valence-corrected chi connectivity index (χ0v) is 12.8. The van der Waals surface area contributed by atoms with Gasteiger partial charge in [0.15, 0.2) is 5.58 Å². The summed E-state index contributed by atoms with van der Waals surface area (Å²) in [6.45, 7) is 1.74. The summed E-state index contributed by atoms with van der Waals surface area (Å²) >= 11 is 3.47. The van der Waals surface area contributed by atoms with Crippen molar-refractivity contribution in [2.75, 3.05) is 18.4 Å². The summed E-state index contributed by atoms with van der Waals surface area (Å²) in [5.41, 5.74) is 1.49. The van der Waals surface area contributed by atoms with Gasteiger partial charge in [-0.2, -0.15) is 0 Å². The maximum absolute atomic E-state index is 12.3. The molecule has 4 nitrogen and oxygen atoms in total. The highest BCUT2D eigenvalue weighted by Gasteiger charge is 2.26. The van der Waals surface area contributed by atoms with Crippen molar-refractivity contribution in [2.24, 2.45) is 5.92 Å². The van der Waals surface area contributed by atoms with Crippen molar-refractivity contribution in [2.45, 2.75) is 19.3 Å². The predicted molar refractivity (Wildman–Crippen MR) is 80.8 cm³/mol. The van der Waals surface area contributed by atoms with Gasteiger partial charge >= 0.3 is 0 Å². The standard InChI is InChI=1S/C15H17BrN2O2/c16-7-5-11-6-8-18(10-11)15(19)9-13-12-3-1-2-4-14(12)20-17-13/h1-4,11H,5-10H2. The van der Waals surface area contributed by atoms with E-state index in [-0.39, 0.29) is 5.91 Å². The Labute approximate surface area is 126 Å². The number of para-hydroxylation sites is 1. The topological polar surface area (TPSA) is 46.3 Å². The third kappa shape index (κ3) is 2.73. The Kier molecular flexibility index (Phi) is 4.05. The number of benzene rings is 1. The van der Waals surface area contributed by atoms with Crippen LogP contribution in [-0.4, -0.2) is 34.4 Å². The number of likely N-dealkylation sites (tertiary alicyclic amines) is 1. The molecule has 1 aromatic heterocycles. The molecular formula is C15H17BrN2O2. The summed E-state index contributed by atoms with van der Waals surface area (Å²) in [4.78, 5) is 14.3. The van der Waals surface area contributed by atoms with Crippen LogP contribution in [0.2, 0.25) is 0 Å². The highest BCUT2D eigenvalue weighted by Crippen LogP contribution is 2.23. The predicted octanol–water partition coefficient (Wildman–Crippen LogP) is 3.00. The van der Waals surface area contributed by atoms with Crippen LogP contribution in [-0.2, 0) is 11.2 Å². The first-order chi connectivity index (χ1) is 9.78. The summed E-state index contributed by atoms with van der Waals surface area (Å²) in [6.07, 6.45) is 2.58. The zero-order valence-electron chi connectivity index (χ0n) is 11.2.